The minimum Gasteiger partial charge on any atom is -0.324 e. The lowest BCUT2D eigenvalue weighted by molar-refractivity contribution is 1.31. The SMILES string of the molecule is c1cnc2[nH]c3ncc4sccc4c3c2c1. The summed E-state index contributed by atoms with van der Waals surface area (Å²) in [6, 6.07) is 6.19. The van der Waals surface area contributed by atoms with Crippen molar-refractivity contribution in [3.05, 3.63) is 36.0 Å². The number of hydrogen-bond acceptors (Lipinski definition) is 3. The Labute approximate surface area is 94.8 Å². The van der Waals surface area contributed by atoms with Crippen LogP contribution >= 0.6 is 11.3 Å². The first-order chi connectivity index (χ1) is 7.93. The van der Waals surface area contributed by atoms with E-state index in [4.69, 9.17) is 0 Å². The van der Waals surface area contributed by atoms with Crippen molar-refractivity contribution in [2.45, 2.75) is 0 Å². The zero-order valence-electron chi connectivity index (χ0n) is 8.27. The molecule has 0 aliphatic carbocycles. The predicted octanol–water partition coefficient (Wildman–Crippen LogP) is 3.33. The van der Waals surface area contributed by atoms with Gasteiger partial charge in [0.05, 0.1) is 4.70 Å². The molecule has 0 bridgehead atoms. The standard InChI is InChI=1S/C12H7N3S/c1-2-8-10-7-3-5-16-9(7)6-14-12(10)15-11(8)13-4-1/h1-6H,(H,13,14,15). The van der Waals surface area contributed by atoms with Crippen LogP contribution in [0.2, 0.25) is 0 Å². The van der Waals surface area contributed by atoms with Crippen molar-refractivity contribution in [3.63, 3.8) is 0 Å². The van der Waals surface area contributed by atoms with Crippen LogP contribution in [0, 0.1) is 0 Å². The lowest BCUT2D eigenvalue weighted by Gasteiger charge is -1.92. The minimum absolute atomic E-state index is 0.906. The summed E-state index contributed by atoms with van der Waals surface area (Å²) in [6.45, 7) is 0. The molecule has 0 fully saturated rings. The van der Waals surface area contributed by atoms with Gasteiger partial charge in [-0.15, -0.1) is 11.3 Å². The fourth-order valence-electron chi connectivity index (χ4n) is 2.13. The van der Waals surface area contributed by atoms with Crippen molar-refractivity contribution < 1.29 is 0 Å². The van der Waals surface area contributed by atoms with Crippen LogP contribution in [-0.2, 0) is 0 Å². The molecule has 0 saturated carbocycles. The van der Waals surface area contributed by atoms with Gasteiger partial charge in [-0.05, 0) is 23.6 Å². The maximum absolute atomic E-state index is 4.43. The number of nitrogens with one attached hydrogen (secondary N) is 1. The molecule has 0 saturated heterocycles. The first kappa shape index (κ1) is 8.24. The van der Waals surface area contributed by atoms with E-state index in [-0.39, 0.29) is 0 Å². The van der Waals surface area contributed by atoms with Crippen molar-refractivity contribution >= 4 is 43.5 Å². The molecule has 3 nitrogen and oxygen atoms in total. The molecule has 1 N–H and O–H groups in total. The van der Waals surface area contributed by atoms with Crippen LogP contribution < -0.4 is 0 Å². The third-order valence-electron chi connectivity index (χ3n) is 2.83. The molecular formula is C12H7N3S. The van der Waals surface area contributed by atoms with E-state index >= 15 is 0 Å². The third-order valence-corrected chi connectivity index (χ3v) is 3.68. The topological polar surface area (TPSA) is 41.6 Å². The summed E-state index contributed by atoms with van der Waals surface area (Å²) >= 11 is 1.72. The molecule has 0 aliphatic rings. The molecule has 4 aromatic heterocycles. The van der Waals surface area contributed by atoms with Gasteiger partial charge >= 0.3 is 0 Å². The summed E-state index contributed by atoms with van der Waals surface area (Å²) in [4.78, 5) is 12.0. The molecule has 0 spiro atoms. The Morgan fingerprint density at radius 3 is 3.06 bits per heavy atom. The minimum atomic E-state index is 0.906. The van der Waals surface area contributed by atoms with Crippen molar-refractivity contribution in [2.75, 3.05) is 0 Å². The zero-order chi connectivity index (χ0) is 10.5. The van der Waals surface area contributed by atoms with Crippen LogP contribution in [0.4, 0.5) is 0 Å². The molecule has 0 unspecified atom stereocenters. The number of pyridine rings is 2. The Morgan fingerprint density at radius 2 is 2.06 bits per heavy atom. The van der Waals surface area contributed by atoms with E-state index in [9.17, 15) is 0 Å². The second-order valence-electron chi connectivity index (χ2n) is 3.70. The van der Waals surface area contributed by atoms with E-state index in [0.29, 0.717) is 0 Å². The molecule has 0 amide bonds. The van der Waals surface area contributed by atoms with Gasteiger partial charge in [0.1, 0.15) is 11.3 Å². The maximum Gasteiger partial charge on any atom is 0.140 e. The van der Waals surface area contributed by atoms with Gasteiger partial charge in [-0.1, -0.05) is 0 Å². The molecule has 0 aromatic carbocycles. The van der Waals surface area contributed by atoms with E-state index in [1.807, 2.05) is 12.3 Å². The second kappa shape index (κ2) is 2.80. The average molecular weight is 225 g/mol. The summed E-state index contributed by atoms with van der Waals surface area (Å²) < 4.78 is 1.22. The van der Waals surface area contributed by atoms with Gasteiger partial charge in [0.2, 0.25) is 0 Å². The molecular weight excluding hydrogens is 218 g/mol. The largest absolute Gasteiger partial charge is 0.324 e. The highest BCUT2D eigenvalue weighted by Crippen LogP contribution is 2.32. The van der Waals surface area contributed by atoms with Gasteiger partial charge in [-0.2, -0.15) is 0 Å². The van der Waals surface area contributed by atoms with Crippen LogP contribution in [0.5, 0.6) is 0 Å². The number of H-pyrrole nitrogens is 1. The van der Waals surface area contributed by atoms with Crippen molar-refractivity contribution in [1.29, 1.82) is 0 Å². The quantitative estimate of drug-likeness (QED) is 0.498. The molecule has 16 heavy (non-hydrogen) atoms. The molecule has 0 radical (unpaired) electrons. The number of rotatable bonds is 0. The van der Waals surface area contributed by atoms with Crippen LogP contribution in [0.1, 0.15) is 0 Å². The Bertz CT molecular complexity index is 813. The van der Waals surface area contributed by atoms with Crippen LogP contribution in [0.3, 0.4) is 0 Å². The first-order valence-corrected chi connectivity index (χ1v) is 5.90. The van der Waals surface area contributed by atoms with Crippen LogP contribution in [-0.4, -0.2) is 15.0 Å². The van der Waals surface area contributed by atoms with E-state index in [1.165, 1.54) is 15.5 Å². The van der Waals surface area contributed by atoms with E-state index < -0.39 is 0 Å². The normalized spacial score (nSPS) is 11.8. The third kappa shape index (κ3) is 0.919. The van der Waals surface area contributed by atoms with E-state index in [0.717, 1.165) is 16.7 Å². The van der Waals surface area contributed by atoms with Crippen molar-refractivity contribution in [3.8, 4) is 0 Å². The molecule has 4 heteroatoms. The summed E-state index contributed by atoms with van der Waals surface area (Å²) in [5, 5.41) is 5.69. The Hall–Kier alpha value is -1.94. The van der Waals surface area contributed by atoms with Gasteiger partial charge < -0.3 is 4.98 Å². The summed E-state index contributed by atoms with van der Waals surface area (Å²) in [7, 11) is 0. The number of nitrogens with zero attached hydrogens (tertiary/aromatic N) is 2. The molecule has 4 rings (SSSR count). The molecule has 0 aliphatic heterocycles. The molecule has 4 heterocycles. The highest BCUT2D eigenvalue weighted by atomic mass is 32.1. The molecule has 4 aromatic rings. The highest BCUT2D eigenvalue weighted by Gasteiger charge is 2.09. The number of hydrogen-bond donors (Lipinski definition) is 1. The Morgan fingerprint density at radius 1 is 1.06 bits per heavy atom. The number of thiophene rings is 1. The number of aromatic nitrogens is 3. The maximum atomic E-state index is 4.43. The van der Waals surface area contributed by atoms with Gasteiger partial charge in [-0.25, -0.2) is 9.97 Å². The van der Waals surface area contributed by atoms with Crippen molar-refractivity contribution in [2.24, 2.45) is 0 Å². The van der Waals surface area contributed by atoms with Gasteiger partial charge in [0.25, 0.3) is 0 Å². The fourth-order valence-corrected chi connectivity index (χ4v) is 2.89. The summed E-state index contributed by atoms with van der Waals surface area (Å²) in [6.07, 6.45) is 3.71. The summed E-state index contributed by atoms with van der Waals surface area (Å²) in [5.74, 6) is 0. The second-order valence-corrected chi connectivity index (χ2v) is 4.65. The fraction of sp³-hybridized carbons (Fsp3) is 0. The van der Waals surface area contributed by atoms with Gasteiger partial charge in [0, 0.05) is 28.6 Å². The monoisotopic (exact) mass is 225 g/mol. The average Bonchev–Trinajstić information content (AvgIpc) is 2.91. The summed E-state index contributed by atoms with van der Waals surface area (Å²) in [5.41, 5.74) is 1.82. The Kier molecular flexibility index (Phi) is 1.44. The lowest BCUT2D eigenvalue weighted by atomic mass is 10.2. The van der Waals surface area contributed by atoms with E-state index in [2.05, 4.69) is 32.5 Å². The van der Waals surface area contributed by atoms with Crippen molar-refractivity contribution in [1.82, 2.24) is 15.0 Å². The van der Waals surface area contributed by atoms with Crippen LogP contribution in [0.15, 0.2) is 36.0 Å². The zero-order valence-corrected chi connectivity index (χ0v) is 9.08. The lowest BCUT2D eigenvalue weighted by Crippen LogP contribution is -1.74. The number of aromatic amines is 1. The first-order valence-electron chi connectivity index (χ1n) is 5.02. The van der Waals surface area contributed by atoms with E-state index in [1.54, 1.807) is 17.5 Å². The van der Waals surface area contributed by atoms with Gasteiger partial charge in [-0.3, -0.25) is 0 Å². The smallest absolute Gasteiger partial charge is 0.140 e. The van der Waals surface area contributed by atoms with Gasteiger partial charge in [0.15, 0.2) is 0 Å². The van der Waals surface area contributed by atoms with Crippen LogP contribution in [0.25, 0.3) is 32.2 Å². The molecule has 0 atom stereocenters. The Balaban J connectivity index is 2.42. The molecule has 76 valence electrons. The predicted molar refractivity (Wildman–Crippen MR) is 66.8 cm³/mol. The highest BCUT2D eigenvalue weighted by molar-refractivity contribution is 7.17. The number of fused-ring (bicyclic) bond motifs is 5.